The second kappa shape index (κ2) is 3.20. The van der Waals surface area contributed by atoms with Gasteiger partial charge in [-0.15, -0.1) is 0 Å². The third-order valence-electron chi connectivity index (χ3n) is 3.21. The Balaban J connectivity index is 2.16. The number of ketones is 1. The Kier molecular flexibility index (Phi) is 1.84. The van der Waals surface area contributed by atoms with E-state index in [4.69, 9.17) is 0 Å². The summed E-state index contributed by atoms with van der Waals surface area (Å²) in [5.74, 6) is 0.419. The van der Waals surface area contributed by atoms with Gasteiger partial charge in [-0.25, -0.2) is 0 Å². The molecule has 0 aliphatic heterocycles. The molecule has 0 aromatic heterocycles. The summed E-state index contributed by atoms with van der Waals surface area (Å²) in [5, 5.41) is 0. The van der Waals surface area contributed by atoms with Crippen molar-refractivity contribution in [2.75, 3.05) is 0 Å². The molecule has 0 heterocycles. The molecule has 1 fully saturated rings. The summed E-state index contributed by atoms with van der Waals surface area (Å²) in [6.07, 6.45) is 7.95. The van der Waals surface area contributed by atoms with E-state index >= 15 is 0 Å². The number of benzene rings is 1. The smallest absolute Gasteiger partial charge is 0.144 e. The zero-order chi connectivity index (χ0) is 10.3. The molecule has 1 aromatic rings. The predicted molar refractivity (Wildman–Crippen MR) is 61.2 cm³/mol. The van der Waals surface area contributed by atoms with Gasteiger partial charge in [0, 0.05) is 6.42 Å². The summed E-state index contributed by atoms with van der Waals surface area (Å²) in [6.45, 7) is 0. The van der Waals surface area contributed by atoms with E-state index in [1.807, 2.05) is 18.2 Å². The number of hydrogen-bond acceptors (Lipinski definition) is 1. The molecule has 2 aliphatic rings. The van der Waals surface area contributed by atoms with Crippen LogP contribution in [-0.2, 0) is 4.79 Å². The maximum absolute atomic E-state index is 11.6. The highest BCUT2D eigenvalue weighted by molar-refractivity contribution is 5.92. The minimum absolute atomic E-state index is 0.0531. The van der Waals surface area contributed by atoms with Gasteiger partial charge >= 0.3 is 0 Å². The van der Waals surface area contributed by atoms with E-state index in [0.29, 0.717) is 12.2 Å². The van der Waals surface area contributed by atoms with Crippen molar-refractivity contribution in [3.63, 3.8) is 0 Å². The Labute approximate surface area is 89.1 Å². The molecule has 2 aliphatic carbocycles. The Hall–Kier alpha value is -1.63. The van der Waals surface area contributed by atoms with Gasteiger partial charge in [-0.1, -0.05) is 48.1 Å². The average molecular weight is 196 g/mol. The summed E-state index contributed by atoms with van der Waals surface area (Å²) in [4.78, 5) is 11.6. The van der Waals surface area contributed by atoms with Gasteiger partial charge in [-0.2, -0.15) is 0 Å². The molecular weight excluding hydrogens is 184 g/mol. The van der Waals surface area contributed by atoms with E-state index in [1.165, 1.54) is 16.7 Å². The zero-order valence-corrected chi connectivity index (χ0v) is 8.44. The molecule has 0 radical (unpaired) electrons. The van der Waals surface area contributed by atoms with Crippen LogP contribution in [0.4, 0.5) is 0 Å². The molecule has 1 unspecified atom stereocenters. The number of Topliss-reactive ketones (excluding diaryl/α,β-unsaturated/α-hetero) is 1. The van der Waals surface area contributed by atoms with Crippen LogP contribution in [0.1, 0.15) is 24.0 Å². The maximum atomic E-state index is 11.6. The van der Waals surface area contributed by atoms with Crippen molar-refractivity contribution in [2.45, 2.75) is 12.8 Å². The predicted octanol–water partition coefficient (Wildman–Crippen LogP) is 3.08. The van der Waals surface area contributed by atoms with Crippen molar-refractivity contribution < 1.29 is 4.79 Å². The first-order valence-corrected chi connectivity index (χ1v) is 5.35. The average Bonchev–Trinajstić information content (AvgIpc) is 2.51. The molecule has 1 nitrogen and oxygen atoms in total. The SMILES string of the molecule is O=C1CCC2=Cc3ccccc3C=CC12. The fraction of sp³-hybridized carbons (Fsp3) is 0.214. The van der Waals surface area contributed by atoms with Crippen molar-refractivity contribution in [3.8, 4) is 0 Å². The van der Waals surface area contributed by atoms with Crippen molar-refractivity contribution in [1.29, 1.82) is 0 Å². The lowest BCUT2D eigenvalue weighted by Crippen LogP contribution is -2.03. The second-order valence-corrected chi connectivity index (χ2v) is 4.15. The topological polar surface area (TPSA) is 17.1 Å². The van der Waals surface area contributed by atoms with E-state index in [0.717, 1.165) is 6.42 Å². The Morgan fingerprint density at radius 2 is 1.87 bits per heavy atom. The first kappa shape index (κ1) is 8.66. The molecule has 0 spiro atoms. The molecule has 1 saturated carbocycles. The fourth-order valence-electron chi connectivity index (χ4n) is 2.37. The summed E-state index contributed by atoms with van der Waals surface area (Å²) in [5.41, 5.74) is 3.73. The van der Waals surface area contributed by atoms with Gasteiger partial charge in [0.1, 0.15) is 5.78 Å². The van der Waals surface area contributed by atoms with Gasteiger partial charge in [0.2, 0.25) is 0 Å². The molecular formula is C14H12O. The second-order valence-electron chi connectivity index (χ2n) is 4.15. The standard InChI is InChI=1S/C14H12O/c15-14-8-6-12-9-11-4-2-1-3-10(11)5-7-13(12)14/h1-5,7,9,13H,6,8H2. The van der Waals surface area contributed by atoms with Crippen LogP contribution in [0.25, 0.3) is 12.2 Å². The molecule has 0 N–H and O–H groups in total. The first-order chi connectivity index (χ1) is 7.34. The van der Waals surface area contributed by atoms with Crippen molar-refractivity contribution in [2.24, 2.45) is 5.92 Å². The lowest BCUT2D eigenvalue weighted by molar-refractivity contribution is -0.119. The number of hydrogen-bond donors (Lipinski definition) is 0. The van der Waals surface area contributed by atoms with Gasteiger partial charge in [-0.05, 0) is 17.5 Å². The van der Waals surface area contributed by atoms with E-state index in [-0.39, 0.29) is 5.92 Å². The summed E-state index contributed by atoms with van der Waals surface area (Å²) < 4.78 is 0. The molecule has 1 aromatic carbocycles. The molecule has 15 heavy (non-hydrogen) atoms. The number of fused-ring (bicyclic) bond motifs is 2. The van der Waals surface area contributed by atoms with Crippen LogP contribution >= 0.6 is 0 Å². The van der Waals surface area contributed by atoms with Crippen LogP contribution < -0.4 is 0 Å². The molecule has 1 heteroatoms. The summed E-state index contributed by atoms with van der Waals surface area (Å²) >= 11 is 0. The van der Waals surface area contributed by atoms with Gasteiger partial charge in [0.05, 0.1) is 5.92 Å². The van der Waals surface area contributed by atoms with Crippen LogP contribution in [0.2, 0.25) is 0 Å². The number of carbonyl (C=O) groups is 1. The number of rotatable bonds is 0. The molecule has 0 amide bonds. The lowest BCUT2D eigenvalue weighted by Gasteiger charge is -2.01. The lowest BCUT2D eigenvalue weighted by atomic mass is 10.0. The van der Waals surface area contributed by atoms with Crippen molar-refractivity contribution in [3.05, 3.63) is 47.0 Å². The van der Waals surface area contributed by atoms with Crippen LogP contribution in [0.15, 0.2) is 35.9 Å². The van der Waals surface area contributed by atoms with E-state index in [2.05, 4.69) is 24.3 Å². The van der Waals surface area contributed by atoms with Crippen molar-refractivity contribution in [1.82, 2.24) is 0 Å². The highest BCUT2D eigenvalue weighted by atomic mass is 16.1. The summed E-state index contributed by atoms with van der Waals surface area (Å²) in [7, 11) is 0. The molecule has 74 valence electrons. The monoisotopic (exact) mass is 196 g/mol. The van der Waals surface area contributed by atoms with Crippen LogP contribution in [0, 0.1) is 5.92 Å². The Morgan fingerprint density at radius 3 is 2.73 bits per heavy atom. The highest BCUT2D eigenvalue weighted by Gasteiger charge is 2.28. The number of carbonyl (C=O) groups excluding carboxylic acids is 1. The minimum Gasteiger partial charge on any atom is -0.299 e. The Bertz CT molecular complexity index is 480. The fourth-order valence-corrected chi connectivity index (χ4v) is 2.37. The quantitative estimate of drug-likeness (QED) is 0.623. The van der Waals surface area contributed by atoms with Crippen LogP contribution in [0.3, 0.4) is 0 Å². The summed E-state index contributed by atoms with van der Waals surface area (Å²) in [6, 6.07) is 8.28. The van der Waals surface area contributed by atoms with Gasteiger partial charge in [-0.3, -0.25) is 4.79 Å². The van der Waals surface area contributed by atoms with E-state index in [9.17, 15) is 4.79 Å². The normalized spacial score (nSPS) is 23.1. The third kappa shape index (κ3) is 1.35. The zero-order valence-electron chi connectivity index (χ0n) is 8.44. The third-order valence-corrected chi connectivity index (χ3v) is 3.21. The van der Waals surface area contributed by atoms with E-state index in [1.54, 1.807) is 0 Å². The molecule has 0 saturated heterocycles. The maximum Gasteiger partial charge on any atom is 0.144 e. The molecule has 1 atom stereocenters. The van der Waals surface area contributed by atoms with Gasteiger partial charge in [0.15, 0.2) is 0 Å². The molecule has 3 rings (SSSR count). The van der Waals surface area contributed by atoms with Gasteiger partial charge in [0.25, 0.3) is 0 Å². The van der Waals surface area contributed by atoms with Crippen LogP contribution in [-0.4, -0.2) is 5.78 Å². The first-order valence-electron chi connectivity index (χ1n) is 5.35. The Morgan fingerprint density at radius 1 is 1.07 bits per heavy atom. The largest absolute Gasteiger partial charge is 0.299 e. The molecule has 0 bridgehead atoms. The van der Waals surface area contributed by atoms with Crippen molar-refractivity contribution >= 4 is 17.9 Å². The van der Waals surface area contributed by atoms with Gasteiger partial charge < -0.3 is 0 Å². The highest BCUT2D eigenvalue weighted by Crippen LogP contribution is 2.34. The van der Waals surface area contributed by atoms with Crippen LogP contribution in [0.5, 0.6) is 0 Å². The number of allylic oxidation sites excluding steroid dienone is 2. The minimum atomic E-state index is 0.0531. The van der Waals surface area contributed by atoms with E-state index < -0.39 is 0 Å².